The number of hydrogen-bond donors (Lipinski definition) is 2. The van der Waals surface area contributed by atoms with Gasteiger partial charge < -0.3 is 39.3 Å². The molecule has 0 bridgehead atoms. The fraction of sp³-hybridized carbons (Fsp3) is 0.441. The van der Waals surface area contributed by atoms with Crippen molar-refractivity contribution in [2.45, 2.75) is 38.6 Å². The molecule has 0 saturated carbocycles. The Hall–Kier alpha value is -4.55. The van der Waals surface area contributed by atoms with Gasteiger partial charge in [-0.3, -0.25) is 14.6 Å². The normalized spacial score (nSPS) is 14.8. The van der Waals surface area contributed by atoms with Crippen LogP contribution in [-0.4, -0.2) is 95.6 Å². The van der Waals surface area contributed by atoms with E-state index in [1.807, 2.05) is 13.1 Å². The largest absolute Gasteiger partial charge is 0.493 e. The van der Waals surface area contributed by atoms with Crippen LogP contribution in [0.4, 0.5) is 11.4 Å². The summed E-state index contributed by atoms with van der Waals surface area (Å²) in [6.07, 6.45) is 4.95. The van der Waals surface area contributed by atoms with E-state index in [-0.39, 0.29) is 17.9 Å². The number of nitrogens with one attached hydrogen (secondary N) is 1. The minimum absolute atomic E-state index is 0.0693. The molecular weight excluding hydrogens is 590 g/mol. The molecule has 0 aromatic heterocycles. The van der Waals surface area contributed by atoms with E-state index in [0.717, 1.165) is 36.8 Å². The molecule has 0 spiro atoms. The van der Waals surface area contributed by atoms with Crippen LogP contribution in [0.2, 0.25) is 0 Å². The number of likely N-dealkylation sites (N-methyl/N-ethyl adjacent to an activating group) is 1. The van der Waals surface area contributed by atoms with Crippen LogP contribution in [0, 0.1) is 0 Å². The number of unbranched alkanes of at least 4 members (excludes halogenated alkanes) is 2. The summed E-state index contributed by atoms with van der Waals surface area (Å²) in [7, 11) is 8.07. The average molecular weight is 638 g/mol. The van der Waals surface area contributed by atoms with E-state index < -0.39 is 0 Å². The zero-order valence-electron chi connectivity index (χ0n) is 27.8. The second kappa shape index (κ2) is 17.2. The fourth-order valence-corrected chi connectivity index (χ4v) is 5.07. The number of nitrogens with zero attached hydrogens (tertiary/aromatic N) is 3. The van der Waals surface area contributed by atoms with Crippen LogP contribution in [-0.2, 0) is 4.84 Å². The topological polar surface area (TPSA) is 137 Å². The number of methoxy groups -OCH3 is 2. The second-order valence-corrected chi connectivity index (χ2v) is 11.1. The highest BCUT2D eigenvalue weighted by molar-refractivity contribution is 6.04. The molecule has 250 valence electrons. The Balaban J connectivity index is 0.00000136. The summed E-state index contributed by atoms with van der Waals surface area (Å²) in [6, 6.07) is 6.65. The zero-order valence-corrected chi connectivity index (χ0v) is 27.8. The number of benzene rings is 2. The van der Waals surface area contributed by atoms with Gasteiger partial charge in [0.25, 0.3) is 11.8 Å². The Morgan fingerprint density at radius 3 is 2.24 bits per heavy atom. The Bertz CT molecular complexity index is 1440. The van der Waals surface area contributed by atoms with Crippen LogP contribution in [0.1, 0.15) is 53.3 Å². The molecule has 2 aliphatic rings. The van der Waals surface area contributed by atoms with Crippen molar-refractivity contribution < 1.29 is 33.4 Å². The highest BCUT2D eigenvalue weighted by Gasteiger charge is 2.34. The highest BCUT2D eigenvalue weighted by Crippen LogP contribution is 2.38. The molecule has 2 aromatic rings. The lowest BCUT2D eigenvalue weighted by Gasteiger charge is -2.20. The number of anilines is 1. The van der Waals surface area contributed by atoms with Crippen molar-refractivity contribution in [2.75, 3.05) is 67.5 Å². The highest BCUT2D eigenvalue weighted by atomic mass is 16.6. The third-order valence-electron chi connectivity index (χ3n) is 7.38. The lowest BCUT2D eigenvalue weighted by atomic mass is 10.1. The van der Waals surface area contributed by atoms with Gasteiger partial charge in [0.1, 0.15) is 0 Å². The number of nitrogen functional groups attached to an aromatic ring is 1. The van der Waals surface area contributed by atoms with Crippen molar-refractivity contribution in [1.29, 1.82) is 0 Å². The van der Waals surface area contributed by atoms with Gasteiger partial charge in [0.05, 0.1) is 57.4 Å². The van der Waals surface area contributed by atoms with Gasteiger partial charge in [-0.2, -0.15) is 0 Å². The van der Waals surface area contributed by atoms with Crippen molar-refractivity contribution in [3.63, 3.8) is 0 Å². The van der Waals surface area contributed by atoms with Crippen molar-refractivity contribution >= 4 is 29.4 Å². The van der Waals surface area contributed by atoms with E-state index >= 15 is 0 Å². The van der Waals surface area contributed by atoms with Gasteiger partial charge in [0.2, 0.25) is 0 Å². The first-order chi connectivity index (χ1) is 22.0. The third kappa shape index (κ3) is 9.24. The standard InChI is InChI=1S/C32H40N4O6.C2H7NO/c1-20(2)18-35(4)31(37)23-13-27(39-5)29(15-25(23)33)41-10-8-7-9-11-42-30-16-26-24(14-28(30)40-6)32(38)36-19-21(3)12-22(36)17-34-26;1-3-4-2/h13-17,22H,1,3,7-12,18-19,33H2,2,4-6H3;3H,1-2H3. The second-order valence-electron chi connectivity index (χ2n) is 11.1. The molecule has 1 saturated heterocycles. The maximum atomic E-state index is 13.1. The van der Waals surface area contributed by atoms with Crippen LogP contribution in [0.15, 0.2) is 53.6 Å². The Labute approximate surface area is 271 Å². The van der Waals surface area contributed by atoms with Crippen LogP contribution >= 0.6 is 0 Å². The third-order valence-corrected chi connectivity index (χ3v) is 7.38. The summed E-state index contributed by atoms with van der Waals surface area (Å²) in [4.78, 5) is 38.2. The summed E-state index contributed by atoms with van der Waals surface area (Å²) in [5, 5.41) is 0. The number of carbonyl (C=O) groups is 2. The summed E-state index contributed by atoms with van der Waals surface area (Å²) >= 11 is 0. The monoisotopic (exact) mass is 637 g/mol. The number of hydroxylamine groups is 1. The molecule has 3 N–H and O–H groups in total. The van der Waals surface area contributed by atoms with E-state index in [9.17, 15) is 9.59 Å². The Morgan fingerprint density at radius 1 is 1.04 bits per heavy atom. The van der Waals surface area contributed by atoms with Crippen LogP contribution < -0.4 is 30.2 Å². The van der Waals surface area contributed by atoms with E-state index in [2.05, 4.69) is 28.5 Å². The molecule has 0 radical (unpaired) electrons. The molecule has 12 nitrogen and oxygen atoms in total. The summed E-state index contributed by atoms with van der Waals surface area (Å²) in [6.45, 7) is 11.6. The molecule has 2 amide bonds. The quantitative estimate of drug-likeness (QED) is 0.129. The first-order valence-corrected chi connectivity index (χ1v) is 15.1. The molecule has 1 atom stereocenters. The molecule has 1 fully saturated rings. The molecule has 2 heterocycles. The lowest BCUT2D eigenvalue weighted by molar-refractivity contribution is 0.0775. The van der Waals surface area contributed by atoms with Gasteiger partial charge >= 0.3 is 0 Å². The van der Waals surface area contributed by atoms with Crippen molar-refractivity contribution in [2.24, 2.45) is 4.99 Å². The predicted molar refractivity (Wildman–Crippen MR) is 180 cm³/mol. The zero-order chi connectivity index (χ0) is 33.8. The van der Waals surface area contributed by atoms with Crippen LogP contribution in [0.3, 0.4) is 0 Å². The average Bonchev–Trinajstić information content (AvgIpc) is 3.37. The fourth-order valence-electron chi connectivity index (χ4n) is 5.07. The minimum Gasteiger partial charge on any atom is -0.493 e. The van der Waals surface area contributed by atoms with E-state index in [1.54, 1.807) is 62.4 Å². The van der Waals surface area contributed by atoms with E-state index in [4.69, 9.17) is 24.7 Å². The number of amides is 2. The van der Waals surface area contributed by atoms with Gasteiger partial charge in [0.15, 0.2) is 23.0 Å². The summed E-state index contributed by atoms with van der Waals surface area (Å²) < 4.78 is 22.9. The van der Waals surface area contributed by atoms with Gasteiger partial charge in [0, 0.05) is 51.2 Å². The maximum Gasteiger partial charge on any atom is 0.257 e. The van der Waals surface area contributed by atoms with Gasteiger partial charge in [-0.15, -0.1) is 0 Å². The number of carbonyl (C=O) groups excluding carboxylic acids is 2. The SMILES string of the molecule is C=C(C)CN(C)C(=O)c1cc(OC)c(OCCCCCOc2cc3c(cc2OC)C(=O)N2CC(=C)CC2C=N3)cc1N.CNOC. The van der Waals surface area contributed by atoms with E-state index in [0.29, 0.717) is 71.8 Å². The van der Waals surface area contributed by atoms with Crippen molar-refractivity contribution in [3.8, 4) is 23.0 Å². The molecule has 4 rings (SSSR count). The smallest absolute Gasteiger partial charge is 0.257 e. The van der Waals surface area contributed by atoms with Gasteiger partial charge in [-0.05, 0) is 44.7 Å². The first kappa shape index (κ1) is 35.9. The Morgan fingerprint density at radius 2 is 1.65 bits per heavy atom. The number of nitrogens with two attached hydrogens (primary N) is 1. The molecule has 46 heavy (non-hydrogen) atoms. The molecular formula is C34H47N5O7. The first-order valence-electron chi connectivity index (χ1n) is 15.1. The van der Waals surface area contributed by atoms with Gasteiger partial charge in [-0.1, -0.05) is 24.3 Å². The summed E-state index contributed by atoms with van der Waals surface area (Å²) in [5.41, 5.74) is 12.3. The molecule has 12 heteroatoms. The number of ether oxygens (including phenoxy) is 4. The lowest BCUT2D eigenvalue weighted by Crippen LogP contribution is -2.35. The number of fused-ring (bicyclic) bond motifs is 2. The number of hydrogen-bond acceptors (Lipinski definition) is 10. The van der Waals surface area contributed by atoms with Gasteiger partial charge in [-0.25, -0.2) is 5.48 Å². The van der Waals surface area contributed by atoms with Crippen molar-refractivity contribution in [3.05, 3.63) is 59.7 Å². The number of rotatable bonds is 14. The predicted octanol–water partition coefficient (Wildman–Crippen LogP) is 4.82. The molecule has 1 unspecified atom stereocenters. The van der Waals surface area contributed by atoms with Crippen LogP contribution in [0.5, 0.6) is 23.0 Å². The summed E-state index contributed by atoms with van der Waals surface area (Å²) in [5.74, 6) is 1.69. The van der Waals surface area contributed by atoms with E-state index in [1.165, 1.54) is 7.11 Å². The molecule has 0 aliphatic carbocycles. The Kier molecular flexibility index (Phi) is 13.5. The minimum atomic E-state index is -0.212. The maximum absolute atomic E-state index is 13.1. The van der Waals surface area contributed by atoms with Crippen LogP contribution in [0.25, 0.3) is 0 Å². The number of aliphatic imine (C=N–C) groups is 1. The molecule has 2 aromatic carbocycles. The van der Waals surface area contributed by atoms with Crippen molar-refractivity contribution in [1.82, 2.24) is 15.3 Å². The molecule has 2 aliphatic heterocycles.